The highest BCUT2D eigenvalue weighted by atomic mass is 16.6. The standard InChI is InChI=1S/C17H18N4O3/c22-16-21(11-17(24-16)10-20-5-1-13(17)2-6-20)15-7-12(9-23-15)14-8-18-3-4-19-14/h3-4,7-9,13H,1-2,5-6,10-11H2/t17-/m1/s1. The molecule has 2 bridgehead atoms. The Kier molecular flexibility index (Phi) is 2.94. The second-order valence-corrected chi connectivity index (χ2v) is 6.83. The number of ether oxygens (including phenoxy) is 1. The van der Waals surface area contributed by atoms with Crippen molar-refractivity contribution in [2.75, 3.05) is 31.1 Å². The highest BCUT2D eigenvalue weighted by Crippen LogP contribution is 2.43. The summed E-state index contributed by atoms with van der Waals surface area (Å²) in [5.41, 5.74) is 1.14. The molecule has 1 amide bonds. The predicted molar refractivity (Wildman–Crippen MR) is 85.5 cm³/mol. The van der Waals surface area contributed by atoms with Crippen molar-refractivity contribution < 1.29 is 13.9 Å². The number of fused-ring (bicyclic) bond motifs is 2. The largest absolute Gasteiger partial charge is 0.448 e. The monoisotopic (exact) mass is 326 g/mol. The SMILES string of the molecule is O=C1O[C@]2(CN3CCC2CC3)CN1c1cc(-c2cnccn2)co1. The van der Waals surface area contributed by atoms with Gasteiger partial charge in [0.05, 0.1) is 18.4 Å². The van der Waals surface area contributed by atoms with Crippen molar-refractivity contribution in [3.05, 3.63) is 30.9 Å². The Morgan fingerprint density at radius 1 is 1.21 bits per heavy atom. The van der Waals surface area contributed by atoms with Crippen LogP contribution in [0.2, 0.25) is 0 Å². The maximum Gasteiger partial charge on any atom is 0.417 e. The molecule has 1 spiro atoms. The van der Waals surface area contributed by atoms with Crippen LogP contribution in [-0.4, -0.2) is 52.7 Å². The van der Waals surface area contributed by atoms with Crippen LogP contribution in [0.4, 0.5) is 10.7 Å². The molecule has 2 aromatic heterocycles. The van der Waals surface area contributed by atoms with E-state index in [4.69, 9.17) is 9.15 Å². The molecule has 0 N–H and O–H groups in total. The summed E-state index contributed by atoms with van der Waals surface area (Å²) in [4.78, 5) is 24.8. The number of carbonyl (C=O) groups excluding carboxylic acids is 1. The topological polar surface area (TPSA) is 71.7 Å². The smallest absolute Gasteiger partial charge is 0.417 e. The lowest BCUT2D eigenvalue weighted by atomic mass is 9.75. The minimum Gasteiger partial charge on any atom is -0.448 e. The number of hydrogen-bond acceptors (Lipinski definition) is 6. The minimum atomic E-state index is -0.382. The molecule has 124 valence electrons. The number of nitrogens with zero attached hydrogens (tertiary/aromatic N) is 4. The van der Waals surface area contributed by atoms with Crippen LogP contribution in [0, 0.1) is 5.92 Å². The van der Waals surface area contributed by atoms with E-state index < -0.39 is 0 Å². The van der Waals surface area contributed by atoms with Crippen molar-refractivity contribution in [3.63, 3.8) is 0 Å². The molecule has 24 heavy (non-hydrogen) atoms. The Bertz CT molecular complexity index is 769. The molecule has 6 heterocycles. The van der Waals surface area contributed by atoms with Crippen LogP contribution in [0.25, 0.3) is 11.3 Å². The first-order valence-corrected chi connectivity index (χ1v) is 8.31. The van der Waals surface area contributed by atoms with E-state index in [0.29, 0.717) is 18.3 Å². The van der Waals surface area contributed by atoms with Crippen LogP contribution in [0.5, 0.6) is 0 Å². The molecule has 0 aliphatic carbocycles. The molecule has 7 nitrogen and oxygen atoms in total. The van der Waals surface area contributed by atoms with E-state index >= 15 is 0 Å². The molecule has 4 saturated heterocycles. The van der Waals surface area contributed by atoms with Gasteiger partial charge in [-0.1, -0.05) is 0 Å². The van der Waals surface area contributed by atoms with Gasteiger partial charge < -0.3 is 9.15 Å². The third kappa shape index (κ3) is 2.04. The lowest BCUT2D eigenvalue weighted by molar-refractivity contribution is -0.0881. The zero-order valence-electron chi connectivity index (χ0n) is 13.2. The van der Waals surface area contributed by atoms with E-state index in [2.05, 4.69) is 14.9 Å². The van der Waals surface area contributed by atoms with Gasteiger partial charge in [0.1, 0.15) is 11.9 Å². The van der Waals surface area contributed by atoms with E-state index in [1.807, 2.05) is 6.07 Å². The van der Waals surface area contributed by atoms with E-state index in [1.54, 1.807) is 29.8 Å². The van der Waals surface area contributed by atoms with Gasteiger partial charge in [0, 0.05) is 36.5 Å². The number of piperidine rings is 3. The van der Waals surface area contributed by atoms with Gasteiger partial charge in [-0.3, -0.25) is 14.9 Å². The molecule has 0 saturated carbocycles. The zero-order chi connectivity index (χ0) is 16.1. The lowest BCUT2D eigenvalue weighted by Crippen LogP contribution is -2.61. The Morgan fingerprint density at radius 2 is 2.08 bits per heavy atom. The number of carbonyl (C=O) groups is 1. The fraction of sp³-hybridized carbons (Fsp3) is 0.471. The summed E-state index contributed by atoms with van der Waals surface area (Å²) in [5.74, 6) is 0.958. The lowest BCUT2D eigenvalue weighted by Gasteiger charge is -2.49. The summed E-state index contributed by atoms with van der Waals surface area (Å²) in [7, 11) is 0. The first-order valence-electron chi connectivity index (χ1n) is 8.31. The average Bonchev–Trinajstić information content (AvgIpc) is 3.22. The normalized spacial score (nSPS) is 31.7. The van der Waals surface area contributed by atoms with Crippen LogP contribution in [-0.2, 0) is 4.74 Å². The maximum absolute atomic E-state index is 12.5. The number of amides is 1. The van der Waals surface area contributed by atoms with Gasteiger partial charge in [-0.2, -0.15) is 0 Å². The number of furan rings is 1. The van der Waals surface area contributed by atoms with Crippen molar-refractivity contribution in [2.45, 2.75) is 18.4 Å². The zero-order valence-corrected chi connectivity index (χ0v) is 13.2. The Morgan fingerprint density at radius 3 is 2.79 bits per heavy atom. The first kappa shape index (κ1) is 14.0. The highest BCUT2D eigenvalue weighted by Gasteiger charge is 2.56. The summed E-state index contributed by atoms with van der Waals surface area (Å²) in [6, 6.07) is 1.83. The molecule has 2 aromatic rings. The molecule has 1 atom stereocenters. The number of aromatic nitrogens is 2. The predicted octanol–water partition coefficient (Wildman–Crippen LogP) is 2.16. The fourth-order valence-corrected chi connectivity index (χ4v) is 4.23. The summed E-state index contributed by atoms with van der Waals surface area (Å²) >= 11 is 0. The molecular weight excluding hydrogens is 308 g/mol. The summed E-state index contributed by atoms with van der Waals surface area (Å²) in [6.45, 7) is 3.61. The Labute approximate surface area is 139 Å². The van der Waals surface area contributed by atoms with Crippen molar-refractivity contribution in [3.8, 4) is 11.3 Å². The molecule has 0 radical (unpaired) electrons. The third-order valence-electron chi connectivity index (χ3n) is 5.47. The van der Waals surface area contributed by atoms with Crippen LogP contribution in [0.3, 0.4) is 0 Å². The third-order valence-corrected chi connectivity index (χ3v) is 5.47. The van der Waals surface area contributed by atoms with Crippen molar-refractivity contribution in [1.82, 2.24) is 14.9 Å². The van der Waals surface area contributed by atoms with Gasteiger partial charge in [-0.25, -0.2) is 9.69 Å². The highest BCUT2D eigenvalue weighted by molar-refractivity contribution is 5.89. The summed E-state index contributed by atoms with van der Waals surface area (Å²) < 4.78 is 11.5. The van der Waals surface area contributed by atoms with Crippen LogP contribution in [0.15, 0.2) is 35.3 Å². The summed E-state index contributed by atoms with van der Waals surface area (Å²) in [6.07, 6.45) is 8.42. The van der Waals surface area contributed by atoms with E-state index in [0.717, 1.165) is 43.7 Å². The average molecular weight is 326 g/mol. The quantitative estimate of drug-likeness (QED) is 0.842. The maximum atomic E-state index is 12.5. The van der Waals surface area contributed by atoms with Crippen LogP contribution >= 0.6 is 0 Å². The Balaban J connectivity index is 1.42. The fourth-order valence-electron chi connectivity index (χ4n) is 4.23. The molecule has 4 fully saturated rings. The molecule has 4 aliphatic rings. The second-order valence-electron chi connectivity index (χ2n) is 6.83. The molecule has 4 aliphatic heterocycles. The molecule has 0 aromatic carbocycles. The van der Waals surface area contributed by atoms with Gasteiger partial charge in [0.2, 0.25) is 5.88 Å². The number of rotatable bonds is 2. The van der Waals surface area contributed by atoms with Crippen molar-refractivity contribution in [1.29, 1.82) is 0 Å². The summed E-state index contributed by atoms with van der Waals surface area (Å²) in [5, 5.41) is 0. The van der Waals surface area contributed by atoms with Gasteiger partial charge in [0.25, 0.3) is 0 Å². The number of hydrogen-bond donors (Lipinski definition) is 0. The molecule has 6 rings (SSSR count). The van der Waals surface area contributed by atoms with Gasteiger partial charge in [-0.15, -0.1) is 0 Å². The number of anilines is 1. The van der Waals surface area contributed by atoms with Crippen LogP contribution < -0.4 is 4.90 Å². The molecular formula is C17H18N4O3. The van der Waals surface area contributed by atoms with E-state index in [-0.39, 0.29) is 11.7 Å². The van der Waals surface area contributed by atoms with Crippen molar-refractivity contribution >= 4 is 12.0 Å². The van der Waals surface area contributed by atoms with Gasteiger partial charge in [0.15, 0.2) is 0 Å². The van der Waals surface area contributed by atoms with Gasteiger partial charge >= 0.3 is 6.09 Å². The molecule has 0 unspecified atom stereocenters. The van der Waals surface area contributed by atoms with Crippen molar-refractivity contribution in [2.24, 2.45) is 5.92 Å². The van der Waals surface area contributed by atoms with Crippen LogP contribution in [0.1, 0.15) is 12.8 Å². The van der Waals surface area contributed by atoms with Gasteiger partial charge in [-0.05, 0) is 25.9 Å². The second kappa shape index (κ2) is 5.04. The van der Waals surface area contributed by atoms with E-state index in [9.17, 15) is 4.79 Å². The molecule has 7 heteroatoms. The Hall–Kier alpha value is -2.41. The van der Waals surface area contributed by atoms with E-state index in [1.165, 1.54) is 0 Å². The minimum absolute atomic E-state index is 0.316. The first-order chi connectivity index (χ1) is 11.7.